The highest BCUT2D eigenvalue weighted by molar-refractivity contribution is 5.59. The Morgan fingerprint density at radius 3 is 2.45 bits per heavy atom. The average Bonchev–Trinajstić information content (AvgIpc) is 2.82. The van der Waals surface area contributed by atoms with E-state index in [0.717, 1.165) is 24.7 Å². The van der Waals surface area contributed by atoms with E-state index in [-0.39, 0.29) is 0 Å². The number of rotatable bonds is 2. The molecule has 0 amide bonds. The second-order valence-electron chi connectivity index (χ2n) is 5.95. The summed E-state index contributed by atoms with van der Waals surface area (Å²) in [7, 11) is 0. The molecule has 1 saturated carbocycles. The lowest BCUT2D eigenvalue weighted by atomic mass is 10.00. The highest BCUT2D eigenvalue weighted by Crippen LogP contribution is 2.33. The van der Waals surface area contributed by atoms with E-state index in [1.165, 1.54) is 37.8 Å². The molecule has 0 atom stereocenters. The van der Waals surface area contributed by atoms with Crippen molar-refractivity contribution in [3.05, 3.63) is 41.9 Å². The van der Waals surface area contributed by atoms with Gasteiger partial charge in [0.2, 0.25) is 0 Å². The topological polar surface area (TPSA) is 28.7 Å². The van der Waals surface area contributed by atoms with Crippen molar-refractivity contribution < 1.29 is 13.2 Å². The molecule has 2 nitrogen and oxygen atoms in total. The van der Waals surface area contributed by atoms with Gasteiger partial charge in [-0.25, -0.2) is 4.98 Å². The summed E-state index contributed by atoms with van der Waals surface area (Å²) >= 11 is 0. The van der Waals surface area contributed by atoms with Crippen LogP contribution in [-0.4, -0.2) is 9.97 Å². The van der Waals surface area contributed by atoms with Crippen molar-refractivity contribution in [2.45, 2.75) is 50.6 Å². The van der Waals surface area contributed by atoms with Crippen LogP contribution in [0.5, 0.6) is 0 Å². The summed E-state index contributed by atoms with van der Waals surface area (Å²) in [5.41, 5.74) is 0.558. The number of hydrogen-bond donors (Lipinski definition) is 1. The number of halogens is 3. The number of nitrogens with zero attached hydrogens (tertiary/aromatic N) is 1. The largest absolute Gasteiger partial charge is 0.416 e. The standard InChI is InChI=1S/C17H19F3N2/c18-17(19,20)14-9-5-8-13(10-14)15-11-21-16(22-15)12-6-3-1-2-4-7-12/h5,8-12H,1-4,6-7H2,(H,21,22). The van der Waals surface area contributed by atoms with Crippen molar-refractivity contribution in [2.75, 3.05) is 0 Å². The summed E-state index contributed by atoms with van der Waals surface area (Å²) in [6, 6.07) is 5.38. The molecule has 1 aromatic carbocycles. The molecule has 22 heavy (non-hydrogen) atoms. The lowest BCUT2D eigenvalue weighted by Gasteiger charge is -2.10. The van der Waals surface area contributed by atoms with Crippen molar-refractivity contribution in [2.24, 2.45) is 0 Å². The van der Waals surface area contributed by atoms with Gasteiger partial charge in [0.15, 0.2) is 0 Å². The summed E-state index contributed by atoms with van der Waals surface area (Å²) in [5, 5.41) is 0. The molecule has 1 aliphatic rings. The molecule has 0 spiro atoms. The van der Waals surface area contributed by atoms with Crippen molar-refractivity contribution in [3.63, 3.8) is 0 Å². The van der Waals surface area contributed by atoms with Crippen LogP contribution in [0.3, 0.4) is 0 Å². The summed E-state index contributed by atoms with van der Waals surface area (Å²) in [5.74, 6) is 1.32. The summed E-state index contributed by atoms with van der Waals surface area (Å²) in [6.45, 7) is 0. The SMILES string of the molecule is FC(F)(F)c1cccc(-c2cnc(C3CCCCCC3)[nH]2)c1. The van der Waals surface area contributed by atoms with E-state index >= 15 is 0 Å². The van der Waals surface area contributed by atoms with Gasteiger partial charge in [-0.05, 0) is 25.0 Å². The van der Waals surface area contributed by atoms with Gasteiger partial charge < -0.3 is 4.98 Å². The zero-order chi connectivity index (χ0) is 15.6. The molecule has 1 aliphatic carbocycles. The normalized spacial score (nSPS) is 17.4. The third-order valence-electron chi connectivity index (χ3n) is 4.34. The smallest absolute Gasteiger partial charge is 0.342 e. The highest BCUT2D eigenvalue weighted by Gasteiger charge is 2.30. The predicted octanol–water partition coefficient (Wildman–Crippen LogP) is 5.53. The minimum absolute atomic E-state index is 0.405. The van der Waals surface area contributed by atoms with Crippen LogP contribution in [-0.2, 0) is 6.18 Å². The number of hydrogen-bond acceptors (Lipinski definition) is 1. The molecule has 5 heteroatoms. The molecule has 118 valence electrons. The Labute approximate surface area is 127 Å². The zero-order valence-electron chi connectivity index (χ0n) is 12.3. The molecule has 1 heterocycles. The maximum absolute atomic E-state index is 12.8. The minimum Gasteiger partial charge on any atom is -0.342 e. The van der Waals surface area contributed by atoms with Crippen LogP contribution in [0.2, 0.25) is 0 Å². The van der Waals surface area contributed by atoms with Crippen molar-refractivity contribution >= 4 is 0 Å². The molecular weight excluding hydrogens is 289 g/mol. The highest BCUT2D eigenvalue weighted by atomic mass is 19.4. The summed E-state index contributed by atoms with van der Waals surface area (Å²) in [4.78, 5) is 7.64. The molecule has 1 aromatic heterocycles. The van der Waals surface area contributed by atoms with Gasteiger partial charge in [-0.2, -0.15) is 13.2 Å². The molecule has 2 aromatic rings. The first-order chi connectivity index (χ1) is 10.5. The van der Waals surface area contributed by atoms with E-state index in [2.05, 4.69) is 9.97 Å². The fourth-order valence-electron chi connectivity index (χ4n) is 3.11. The Balaban J connectivity index is 1.84. The number of nitrogens with one attached hydrogen (secondary N) is 1. The van der Waals surface area contributed by atoms with Gasteiger partial charge in [0, 0.05) is 11.5 Å². The van der Waals surface area contributed by atoms with E-state index in [0.29, 0.717) is 17.2 Å². The van der Waals surface area contributed by atoms with E-state index in [1.807, 2.05) is 0 Å². The van der Waals surface area contributed by atoms with Crippen LogP contribution in [0.4, 0.5) is 13.2 Å². The van der Waals surface area contributed by atoms with Crippen molar-refractivity contribution in [1.29, 1.82) is 0 Å². The van der Waals surface area contributed by atoms with Gasteiger partial charge in [0.1, 0.15) is 5.82 Å². The first-order valence-corrected chi connectivity index (χ1v) is 7.76. The van der Waals surface area contributed by atoms with Gasteiger partial charge in [0.25, 0.3) is 0 Å². The number of aromatic amines is 1. The fraction of sp³-hybridized carbons (Fsp3) is 0.471. The lowest BCUT2D eigenvalue weighted by Crippen LogP contribution is -2.04. The molecule has 0 aliphatic heterocycles. The lowest BCUT2D eigenvalue weighted by molar-refractivity contribution is -0.137. The predicted molar refractivity (Wildman–Crippen MR) is 79.5 cm³/mol. The van der Waals surface area contributed by atoms with Crippen LogP contribution < -0.4 is 0 Å². The number of benzene rings is 1. The number of alkyl halides is 3. The first-order valence-electron chi connectivity index (χ1n) is 7.76. The molecule has 0 saturated heterocycles. The van der Waals surface area contributed by atoms with E-state index in [4.69, 9.17) is 0 Å². The van der Waals surface area contributed by atoms with Crippen LogP contribution in [0, 0.1) is 0 Å². The Kier molecular flexibility index (Phi) is 4.23. The van der Waals surface area contributed by atoms with Gasteiger partial charge in [-0.15, -0.1) is 0 Å². The van der Waals surface area contributed by atoms with Crippen molar-refractivity contribution in [3.8, 4) is 11.3 Å². The first kappa shape index (κ1) is 15.1. The van der Waals surface area contributed by atoms with E-state index < -0.39 is 11.7 Å². The number of H-pyrrole nitrogens is 1. The van der Waals surface area contributed by atoms with Crippen LogP contribution >= 0.6 is 0 Å². The van der Waals surface area contributed by atoms with E-state index in [9.17, 15) is 13.2 Å². The summed E-state index contributed by atoms with van der Waals surface area (Å²) < 4.78 is 38.4. The minimum atomic E-state index is -4.32. The van der Waals surface area contributed by atoms with Crippen LogP contribution in [0.25, 0.3) is 11.3 Å². The molecule has 0 unspecified atom stereocenters. The Morgan fingerprint density at radius 1 is 1.05 bits per heavy atom. The number of imidazole rings is 1. The fourth-order valence-corrected chi connectivity index (χ4v) is 3.11. The third kappa shape index (κ3) is 3.34. The second kappa shape index (κ2) is 6.15. The average molecular weight is 308 g/mol. The van der Waals surface area contributed by atoms with Crippen LogP contribution in [0.15, 0.2) is 30.5 Å². The van der Waals surface area contributed by atoms with Crippen molar-refractivity contribution in [1.82, 2.24) is 9.97 Å². The molecule has 0 radical (unpaired) electrons. The van der Waals surface area contributed by atoms with Gasteiger partial charge in [-0.3, -0.25) is 0 Å². The summed E-state index contributed by atoms with van der Waals surface area (Å²) in [6.07, 6.45) is 4.46. The third-order valence-corrected chi connectivity index (χ3v) is 4.34. The molecular formula is C17H19F3N2. The maximum atomic E-state index is 12.8. The quantitative estimate of drug-likeness (QED) is 0.726. The number of aromatic nitrogens is 2. The Bertz CT molecular complexity index is 623. The molecule has 1 fully saturated rings. The van der Waals surface area contributed by atoms with Gasteiger partial charge in [-0.1, -0.05) is 37.8 Å². The molecule has 0 bridgehead atoms. The van der Waals surface area contributed by atoms with Gasteiger partial charge >= 0.3 is 6.18 Å². The molecule has 1 N–H and O–H groups in total. The van der Waals surface area contributed by atoms with E-state index in [1.54, 1.807) is 12.3 Å². The maximum Gasteiger partial charge on any atom is 0.416 e. The zero-order valence-corrected chi connectivity index (χ0v) is 12.3. The molecule has 3 rings (SSSR count). The second-order valence-corrected chi connectivity index (χ2v) is 5.95. The Morgan fingerprint density at radius 2 is 1.77 bits per heavy atom. The Hall–Kier alpha value is -1.78. The monoisotopic (exact) mass is 308 g/mol. The van der Waals surface area contributed by atoms with Crippen LogP contribution in [0.1, 0.15) is 55.8 Å². The van der Waals surface area contributed by atoms with Gasteiger partial charge in [0.05, 0.1) is 17.5 Å².